The molecule has 0 aliphatic heterocycles. The predicted molar refractivity (Wildman–Crippen MR) is 74.5 cm³/mol. The van der Waals surface area contributed by atoms with Crippen LogP contribution in [0.1, 0.15) is 22.7 Å². The Labute approximate surface area is 111 Å². The van der Waals surface area contributed by atoms with E-state index in [9.17, 15) is 0 Å². The number of fused-ring (bicyclic) bond motifs is 1. The fourth-order valence-electron chi connectivity index (χ4n) is 2.19. The highest BCUT2D eigenvalue weighted by Crippen LogP contribution is 2.24. The highest BCUT2D eigenvalue weighted by molar-refractivity contribution is 5.78. The second kappa shape index (κ2) is 4.74. The third-order valence-electron chi connectivity index (χ3n) is 3.12. The van der Waals surface area contributed by atoms with Crippen molar-refractivity contribution in [1.82, 2.24) is 15.0 Å². The summed E-state index contributed by atoms with van der Waals surface area (Å²) in [5.41, 5.74) is 11.1. The number of nitrogens with two attached hydrogens (primary N) is 1. The van der Waals surface area contributed by atoms with E-state index in [0.717, 1.165) is 27.7 Å². The number of hydrogen-bond donors (Lipinski definition) is 1. The Morgan fingerprint density at radius 1 is 1.11 bits per heavy atom. The normalized spacial score (nSPS) is 12.5. The number of pyridine rings is 1. The van der Waals surface area contributed by atoms with Crippen LogP contribution >= 0.6 is 0 Å². The summed E-state index contributed by atoms with van der Waals surface area (Å²) in [4.78, 5) is 12.9. The molecule has 3 aromatic rings. The van der Waals surface area contributed by atoms with Crippen LogP contribution in [0.25, 0.3) is 11.0 Å². The van der Waals surface area contributed by atoms with Gasteiger partial charge in [-0.25, -0.2) is 0 Å². The molecule has 2 heterocycles. The Hall–Kier alpha value is -2.33. The van der Waals surface area contributed by atoms with Gasteiger partial charge in [-0.05, 0) is 24.1 Å². The summed E-state index contributed by atoms with van der Waals surface area (Å²) >= 11 is 0. The van der Waals surface area contributed by atoms with Crippen LogP contribution in [0.4, 0.5) is 0 Å². The maximum absolute atomic E-state index is 6.34. The molecule has 0 bridgehead atoms. The summed E-state index contributed by atoms with van der Waals surface area (Å²) in [7, 11) is 0. The highest BCUT2D eigenvalue weighted by Gasteiger charge is 2.13. The van der Waals surface area contributed by atoms with Crippen molar-refractivity contribution in [3.63, 3.8) is 0 Å². The molecule has 0 saturated heterocycles. The largest absolute Gasteiger partial charge is 0.320 e. The van der Waals surface area contributed by atoms with Gasteiger partial charge < -0.3 is 5.73 Å². The van der Waals surface area contributed by atoms with Crippen molar-refractivity contribution in [2.45, 2.75) is 13.0 Å². The Morgan fingerprint density at radius 3 is 2.79 bits per heavy atom. The third-order valence-corrected chi connectivity index (χ3v) is 3.12. The van der Waals surface area contributed by atoms with Crippen LogP contribution in [0, 0.1) is 6.92 Å². The average molecular weight is 250 g/mol. The minimum atomic E-state index is -0.243. The number of aromatic nitrogens is 3. The first kappa shape index (κ1) is 11.7. The van der Waals surface area contributed by atoms with Gasteiger partial charge in [0, 0.05) is 30.4 Å². The Balaban J connectivity index is 2.14. The van der Waals surface area contributed by atoms with Crippen molar-refractivity contribution in [3.05, 3.63) is 65.7 Å². The Bertz CT molecular complexity index is 719. The van der Waals surface area contributed by atoms with Gasteiger partial charge in [-0.3, -0.25) is 15.0 Å². The highest BCUT2D eigenvalue weighted by atomic mass is 14.8. The minimum absolute atomic E-state index is 0.243. The van der Waals surface area contributed by atoms with Gasteiger partial charge in [0.25, 0.3) is 0 Å². The third kappa shape index (κ3) is 2.18. The molecule has 19 heavy (non-hydrogen) atoms. The van der Waals surface area contributed by atoms with Gasteiger partial charge in [-0.1, -0.05) is 18.2 Å². The van der Waals surface area contributed by atoms with Gasteiger partial charge in [0.2, 0.25) is 0 Å². The lowest BCUT2D eigenvalue weighted by molar-refractivity contribution is 0.865. The topological polar surface area (TPSA) is 64.7 Å². The molecule has 0 aliphatic carbocycles. The number of benzene rings is 1. The molecule has 0 radical (unpaired) electrons. The summed E-state index contributed by atoms with van der Waals surface area (Å²) in [5, 5.41) is 0. The first-order valence-electron chi connectivity index (χ1n) is 6.12. The van der Waals surface area contributed by atoms with Gasteiger partial charge in [-0.15, -0.1) is 0 Å². The summed E-state index contributed by atoms with van der Waals surface area (Å²) in [6.45, 7) is 2.01. The summed E-state index contributed by atoms with van der Waals surface area (Å²) < 4.78 is 0. The van der Waals surface area contributed by atoms with Gasteiger partial charge >= 0.3 is 0 Å². The van der Waals surface area contributed by atoms with Gasteiger partial charge in [-0.2, -0.15) is 0 Å². The number of rotatable bonds is 2. The zero-order valence-corrected chi connectivity index (χ0v) is 10.6. The maximum atomic E-state index is 6.34. The first-order valence-corrected chi connectivity index (χ1v) is 6.12. The molecule has 3 rings (SSSR count). The van der Waals surface area contributed by atoms with E-state index in [1.165, 1.54) is 0 Å². The van der Waals surface area contributed by atoms with Crippen molar-refractivity contribution >= 4 is 11.0 Å². The van der Waals surface area contributed by atoms with Crippen LogP contribution in [-0.2, 0) is 0 Å². The SMILES string of the molecule is Cc1cncc(C(N)c2cccc3nccnc23)c1. The van der Waals surface area contributed by atoms with E-state index in [1.54, 1.807) is 18.6 Å². The molecule has 1 atom stereocenters. The van der Waals surface area contributed by atoms with E-state index in [1.807, 2.05) is 37.4 Å². The van der Waals surface area contributed by atoms with Crippen LogP contribution in [0.2, 0.25) is 0 Å². The van der Waals surface area contributed by atoms with E-state index in [0.29, 0.717) is 0 Å². The van der Waals surface area contributed by atoms with Crippen LogP contribution in [-0.4, -0.2) is 15.0 Å². The van der Waals surface area contributed by atoms with Crippen LogP contribution < -0.4 is 5.73 Å². The summed E-state index contributed by atoms with van der Waals surface area (Å²) in [6.07, 6.45) is 6.99. The van der Waals surface area contributed by atoms with Crippen LogP contribution in [0.3, 0.4) is 0 Å². The molecule has 4 nitrogen and oxygen atoms in total. The number of aryl methyl sites for hydroxylation is 1. The lowest BCUT2D eigenvalue weighted by atomic mass is 9.99. The van der Waals surface area contributed by atoms with Crippen molar-refractivity contribution < 1.29 is 0 Å². The van der Waals surface area contributed by atoms with Crippen molar-refractivity contribution in [2.24, 2.45) is 5.73 Å². The first-order chi connectivity index (χ1) is 9.25. The molecule has 94 valence electrons. The Kier molecular flexibility index (Phi) is 2.93. The molecule has 4 heteroatoms. The van der Waals surface area contributed by atoms with Crippen molar-refractivity contribution in [2.75, 3.05) is 0 Å². The fraction of sp³-hybridized carbons (Fsp3) is 0.133. The fourth-order valence-corrected chi connectivity index (χ4v) is 2.19. The second-order valence-electron chi connectivity index (χ2n) is 4.54. The molecule has 2 N–H and O–H groups in total. The zero-order valence-electron chi connectivity index (χ0n) is 10.6. The molecule has 2 aromatic heterocycles. The lowest BCUT2D eigenvalue weighted by Crippen LogP contribution is -2.13. The van der Waals surface area contributed by atoms with Gasteiger partial charge in [0.15, 0.2) is 0 Å². The summed E-state index contributed by atoms with van der Waals surface area (Å²) in [6, 6.07) is 7.69. The molecule has 0 fully saturated rings. The zero-order chi connectivity index (χ0) is 13.2. The van der Waals surface area contributed by atoms with Gasteiger partial charge in [0.1, 0.15) is 0 Å². The van der Waals surface area contributed by atoms with E-state index in [2.05, 4.69) is 15.0 Å². The van der Waals surface area contributed by atoms with E-state index < -0.39 is 0 Å². The van der Waals surface area contributed by atoms with E-state index in [4.69, 9.17) is 5.73 Å². The standard InChI is InChI=1S/C15H14N4/c1-10-7-11(9-17-8-10)14(16)12-3-2-4-13-15(12)19-6-5-18-13/h2-9,14H,16H2,1H3. The smallest absolute Gasteiger partial charge is 0.0937 e. The quantitative estimate of drug-likeness (QED) is 0.758. The van der Waals surface area contributed by atoms with Crippen LogP contribution in [0.5, 0.6) is 0 Å². The van der Waals surface area contributed by atoms with Gasteiger partial charge in [0.05, 0.1) is 17.1 Å². The molecular weight excluding hydrogens is 236 g/mol. The molecule has 0 spiro atoms. The second-order valence-corrected chi connectivity index (χ2v) is 4.54. The maximum Gasteiger partial charge on any atom is 0.0937 e. The number of para-hydroxylation sites is 1. The van der Waals surface area contributed by atoms with E-state index in [-0.39, 0.29) is 6.04 Å². The Morgan fingerprint density at radius 2 is 1.95 bits per heavy atom. The molecule has 1 unspecified atom stereocenters. The molecule has 0 amide bonds. The molecule has 0 aliphatic rings. The van der Waals surface area contributed by atoms with Crippen molar-refractivity contribution in [3.8, 4) is 0 Å². The molecule has 0 saturated carbocycles. The molecule has 1 aromatic carbocycles. The molecular formula is C15H14N4. The van der Waals surface area contributed by atoms with Crippen molar-refractivity contribution in [1.29, 1.82) is 0 Å². The summed E-state index contributed by atoms with van der Waals surface area (Å²) in [5.74, 6) is 0. The number of nitrogens with zero attached hydrogens (tertiary/aromatic N) is 3. The van der Waals surface area contributed by atoms with Crippen LogP contribution in [0.15, 0.2) is 49.1 Å². The minimum Gasteiger partial charge on any atom is -0.320 e. The number of hydrogen-bond acceptors (Lipinski definition) is 4. The monoisotopic (exact) mass is 250 g/mol. The average Bonchev–Trinajstić information content (AvgIpc) is 2.46. The lowest BCUT2D eigenvalue weighted by Gasteiger charge is -2.14. The van der Waals surface area contributed by atoms with E-state index >= 15 is 0 Å². The predicted octanol–water partition coefficient (Wildman–Crippen LogP) is 2.38.